The second kappa shape index (κ2) is 7.85. The highest BCUT2D eigenvalue weighted by molar-refractivity contribution is 5.06. The van der Waals surface area contributed by atoms with Gasteiger partial charge in [-0.3, -0.25) is 0 Å². The summed E-state index contributed by atoms with van der Waals surface area (Å²) in [6.07, 6.45) is 23.0. The lowest BCUT2D eigenvalue weighted by Gasteiger charge is -1.95. The average Bonchev–Trinajstić information content (AvgIpc) is 2.18. The lowest BCUT2D eigenvalue weighted by atomic mass is 10.1. The van der Waals surface area contributed by atoms with E-state index < -0.39 is 0 Å². The van der Waals surface area contributed by atoms with Gasteiger partial charge in [0.05, 0.1) is 0 Å². The van der Waals surface area contributed by atoms with Crippen molar-refractivity contribution in [1.82, 2.24) is 0 Å². The van der Waals surface area contributed by atoms with Gasteiger partial charge in [-0.15, -0.1) is 0 Å². The van der Waals surface area contributed by atoms with Crippen LogP contribution in [0.2, 0.25) is 0 Å². The van der Waals surface area contributed by atoms with Crippen LogP contribution in [0.1, 0.15) is 38.5 Å². The van der Waals surface area contributed by atoms with E-state index in [0.29, 0.717) is 0 Å². The lowest BCUT2D eigenvalue weighted by Crippen LogP contribution is -1.76. The van der Waals surface area contributed by atoms with E-state index in [0.717, 1.165) is 6.42 Å². The topological polar surface area (TPSA) is 0 Å². The van der Waals surface area contributed by atoms with Crippen molar-refractivity contribution in [3.05, 3.63) is 42.9 Å². The average molecular weight is 175 g/mol. The maximum absolute atomic E-state index is 2.28. The van der Waals surface area contributed by atoms with E-state index in [1.54, 1.807) is 0 Å². The Balaban J connectivity index is 2.29. The van der Waals surface area contributed by atoms with Crippen molar-refractivity contribution in [2.75, 3.05) is 0 Å². The molecule has 0 heterocycles. The Bertz CT molecular complexity index is 184. The highest BCUT2D eigenvalue weighted by atomic mass is 13.9. The summed E-state index contributed by atoms with van der Waals surface area (Å²) in [7, 11) is 0. The Kier molecular flexibility index (Phi) is 6.22. The smallest absolute Gasteiger partial charge is 0.0166 e. The Hall–Kier alpha value is -0.780. The van der Waals surface area contributed by atoms with Crippen molar-refractivity contribution in [1.29, 1.82) is 0 Å². The zero-order valence-electron chi connectivity index (χ0n) is 8.28. The van der Waals surface area contributed by atoms with Crippen LogP contribution in [0, 0.1) is 6.42 Å². The standard InChI is InChI=1S/C13H19/c1-2-4-6-8-10-12-13-11-9-7-5-3-1/h1-4,7,9,11H,5-6,8,10,12-13H2/b3-1+,4-2+,9-7+. The van der Waals surface area contributed by atoms with E-state index in [2.05, 4.69) is 42.9 Å². The molecule has 1 aliphatic carbocycles. The van der Waals surface area contributed by atoms with Crippen LogP contribution in [-0.4, -0.2) is 0 Å². The second-order valence-electron chi connectivity index (χ2n) is 3.39. The van der Waals surface area contributed by atoms with Crippen LogP contribution in [0.15, 0.2) is 36.5 Å². The van der Waals surface area contributed by atoms with Gasteiger partial charge in [0.25, 0.3) is 0 Å². The third-order valence-corrected chi connectivity index (χ3v) is 2.17. The molecule has 0 unspecified atom stereocenters. The summed E-state index contributed by atoms with van der Waals surface area (Å²) in [6, 6.07) is 0. The van der Waals surface area contributed by atoms with Crippen molar-refractivity contribution in [2.24, 2.45) is 0 Å². The Morgan fingerprint density at radius 3 is 2.38 bits per heavy atom. The molecule has 0 fully saturated rings. The fraction of sp³-hybridized carbons (Fsp3) is 0.462. The molecule has 1 rings (SSSR count). The van der Waals surface area contributed by atoms with Crippen LogP contribution in [0.25, 0.3) is 0 Å². The van der Waals surface area contributed by atoms with Gasteiger partial charge in [0, 0.05) is 0 Å². The van der Waals surface area contributed by atoms with Crippen LogP contribution in [0.4, 0.5) is 0 Å². The van der Waals surface area contributed by atoms with Gasteiger partial charge in [-0.2, -0.15) is 0 Å². The van der Waals surface area contributed by atoms with Gasteiger partial charge in [-0.25, -0.2) is 0 Å². The first-order chi connectivity index (χ1) is 6.50. The summed E-state index contributed by atoms with van der Waals surface area (Å²) in [6.45, 7) is 0. The molecule has 1 aliphatic rings. The summed E-state index contributed by atoms with van der Waals surface area (Å²) < 4.78 is 0. The first kappa shape index (κ1) is 10.3. The molecule has 0 aromatic carbocycles. The van der Waals surface area contributed by atoms with Crippen molar-refractivity contribution < 1.29 is 0 Å². The number of hydrogen-bond acceptors (Lipinski definition) is 0. The molecule has 0 N–H and O–H groups in total. The Morgan fingerprint density at radius 2 is 1.38 bits per heavy atom. The molecule has 13 heavy (non-hydrogen) atoms. The minimum Gasteiger partial charge on any atom is -0.0845 e. The van der Waals surface area contributed by atoms with Crippen molar-refractivity contribution in [3.63, 3.8) is 0 Å². The van der Waals surface area contributed by atoms with Gasteiger partial charge < -0.3 is 0 Å². The largest absolute Gasteiger partial charge is 0.0845 e. The molecular weight excluding hydrogens is 156 g/mol. The molecule has 0 heteroatoms. The summed E-state index contributed by atoms with van der Waals surface area (Å²) >= 11 is 0. The summed E-state index contributed by atoms with van der Waals surface area (Å²) in [4.78, 5) is 0. The van der Waals surface area contributed by atoms with Gasteiger partial charge in [0.2, 0.25) is 0 Å². The number of allylic oxidation sites excluding steroid dienone is 6. The molecule has 1 radical (unpaired) electrons. The van der Waals surface area contributed by atoms with Crippen LogP contribution in [0.3, 0.4) is 0 Å². The second-order valence-corrected chi connectivity index (χ2v) is 3.39. The maximum atomic E-state index is 2.28. The lowest BCUT2D eigenvalue weighted by molar-refractivity contribution is 0.687. The van der Waals surface area contributed by atoms with Crippen LogP contribution in [0.5, 0.6) is 0 Å². The van der Waals surface area contributed by atoms with Gasteiger partial charge >= 0.3 is 0 Å². The molecule has 0 bridgehead atoms. The van der Waals surface area contributed by atoms with E-state index >= 15 is 0 Å². The number of rotatable bonds is 0. The van der Waals surface area contributed by atoms with Gasteiger partial charge in [0.1, 0.15) is 0 Å². The van der Waals surface area contributed by atoms with E-state index in [4.69, 9.17) is 0 Å². The van der Waals surface area contributed by atoms with Gasteiger partial charge in [-0.05, 0) is 32.1 Å². The van der Waals surface area contributed by atoms with Crippen molar-refractivity contribution in [2.45, 2.75) is 38.5 Å². The van der Waals surface area contributed by atoms with Crippen molar-refractivity contribution in [3.8, 4) is 0 Å². The molecule has 0 saturated carbocycles. The van der Waals surface area contributed by atoms with E-state index in [-0.39, 0.29) is 0 Å². The van der Waals surface area contributed by atoms with E-state index in [9.17, 15) is 0 Å². The molecule has 0 saturated heterocycles. The maximum Gasteiger partial charge on any atom is -0.0166 e. The first-order valence-corrected chi connectivity index (χ1v) is 5.30. The van der Waals surface area contributed by atoms with E-state index in [1.165, 1.54) is 32.1 Å². The molecule has 0 amide bonds. The van der Waals surface area contributed by atoms with Gasteiger partial charge in [-0.1, -0.05) is 49.3 Å². The molecule has 0 aromatic rings. The fourth-order valence-electron chi connectivity index (χ4n) is 1.38. The third-order valence-electron chi connectivity index (χ3n) is 2.17. The van der Waals surface area contributed by atoms with E-state index in [1.807, 2.05) is 0 Å². The SMILES string of the molecule is [CH]1/C=C/C/C=C/C=C/CCCCC1. The molecule has 0 nitrogen and oxygen atoms in total. The molecule has 0 atom stereocenters. The normalized spacial score (nSPS) is 27.7. The van der Waals surface area contributed by atoms with Crippen LogP contribution in [-0.2, 0) is 0 Å². The zero-order valence-corrected chi connectivity index (χ0v) is 8.28. The molecular formula is C13H19. The predicted octanol–water partition coefficient (Wildman–Crippen LogP) is 4.21. The summed E-state index contributed by atoms with van der Waals surface area (Å²) in [5, 5.41) is 0. The summed E-state index contributed by atoms with van der Waals surface area (Å²) in [5.41, 5.74) is 0. The minimum atomic E-state index is 1.06. The number of hydrogen-bond donors (Lipinski definition) is 0. The quantitative estimate of drug-likeness (QED) is 0.517. The van der Waals surface area contributed by atoms with Crippen LogP contribution < -0.4 is 0 Å². The fourth-order valence-corrected chi connectivity index (χ4v) is 1.38. The molecule has 0 aromatic heterocycles. The van der Waals surface area contributed by atoms with Gasteiger partial charge in [0.15, 0.2) is 0 Å². The predicted molar refractivity (Wildman–Crippen MR) is 59.4 cm³/mol. The van der Waals surface area contributed by atoms with Crippen molar-refractivity contribution >= 4 is 0 Å². The molecule has 0 aliphatic heterocycles. The highest BCUT2D eigenvalue weighted by Crippen LogP contribution is 2.06. The zero-order chi connectivity index (χ0) is 9.19. The third kappa shape index (κ3) is 6.39. The Morgan fingerprint density at radius 1 is 0.615 bits per heavy atom. The highest BCUT2D eigenvalue weighted by Gasteiger charge is 1.87. The Labute approximate surface area is 82.0 Å². The van der Waals surface area contributed by atoms with Crippen LogP contribution >= 0.6 is 0 Å². The monoisotopic (exact) mass is 175 g/mol. The first-order valence-electron chi connectivity index (χ1n) is 5.30. The molecule has 0 spiro atoms. The summed E-state index contributed by atoms with van der Waals surface area (Å²) in [5.74, 6) is 0. The molecule has 71 valence electrons. The minimum absolute atomic E-state index is 1.06.